The molecule has 72 valence electrons. The molecule has 0 heterocycles. The summed E-state index contributed by atoms with van der Waals surface area (Å²) in [5.74, 6) is -1.95. The van der Waals surface area contributed by atoms with Crippen molar-refractivity contribution in [3.63, 3.8) is 0 Å². The lowest BCUT2D eigenvalue weighted by Gasteiger charge is -1.97. The Morgan fingerprint density at radius 1 is 1.15 bits per heavy atom. The predicted molar refractivity (Wildman–Crippen MR) is 48.5 cm³/mol. The number of halogens is 2. The van der Waals surface area contributed by atoms with Gasteiger partial charge in [-0.15, -0.1) is 0 Å². The van der Waals surface area contributed by atoms with Crippen LogP contribution in [-0.4, -0.2) is 5.78 Å². The summed E-state index contributed by atoms with van der Waals surface area (Å²) >= 11 is 0. The van der Waals surface area contributed by atoms with E-state index in [2.05, 4.69) is 0 Å². The smallest absolute Gasteiger partial charge is 0.162 e. The number of allylic oxidation sites excluding steroid dienone is 6. The molecule has 0 aliphatic rings. The molecule has 0 aliphatic carbocycles. The van der Waals surface area contributed by atoms with E-state index in [1.54, 1.807) is 0 Å². The van der Waals surface area contributed by atoms with Crippen molar-refractivity contribution in [2.75, 3.05) is 0 Å². The summed E-state index contributed by atoms with van der Waals surface area (Å²) in [6.45, 7) is 4.20. The Morgan fingerprint density at radius 2 is 1.69 bits per heavy atom. The van der Waals surface area contributed by atoms with Crippen LogP contribution in [0.3, 0.4) is 0 Å². The van der Waals surface area contributed by atoms with Gasteiger partial charge in [-0.25, -0.2) is 8.78 Å². The van der Waals surface area contributed by atoms with Gasteiger partial charge in [-0.3, -0.25) is 4.79 Å². The minimum Gasteiger partial charge on any atom is -0.294 e. The Balaban J connectivity index is 4.87. The van der Waals surface area contributed by atoms with Crippen LogP contribution in [0, 0.1) is 0 Å². The standard InChI is InChI=1S/C10H12F2O/c1-4-8(11)6-10(12)9(5-2)7(3)13/h4-6H,1-3H3/b8-4+,9-5-,10-6+. The summed E-state index contributed by atoms with van der Waals surface area (Å²) < 4.78 is 25.6. The number of hydrogen-bond acceptors (Lipinski definition) is 1. The third kappa shape index (κ3) is 3.78. The molecular formula is C10H12F2O. The van der Waals surface area contributed by atoms with Gasteiger partial charge in [-0.1, -0.05) is 12.2 Å². The summed E-state index contributed by atoms with van der Waals surface area (Å²) in [4.78, 5) is 10.8. The number of Topliss-reactive ketones (excluding diaryl/α,β-unsaturated/α-hetero) is 1. The maximum Gasteiger partial charge on any atom is 0.162 e. The molecule has 0 aliphatic heterocycles. The first-order valence-corrected chi connectivity index (χ1v) is 3.89. The highest BCUT2D eigenvalue weighted by Gasteiger charge is 2.08. The van der Waals surface area contributed by atoms with E-state index in [1.807, 2.05) is 0 Å². The topological polar surface area (TPSA) is 17.1 Å². The van der Waals surface area contributed by atoms with Crippen LogP contribution >= 0.6 is 0 Å². The SMILES string of the molecule is C\C=C(C(C)=O)/C(F)=C\C(F)=C/C. The monoisotopic (exact) mass is 186 g/mol. The van der Waals surface area contributed by atoms with Gasteiger partial charge in [0.25, 0.3) is 0 Å². The van der Waals surface area contributed by atoms with Gasteiger partial charge in [0.15, 0.2) is 5.78 Å². The van der Waals surface area contributed by atoms with E-state index >= 15 is 0 Å². The molecule has 0 radical (unpaired) electrons. The van der Waals surface area contributed by atoms with Gasteiger partial charge >= 0.3 is 0 Å². The number of rotatable bonds is 3. The van der Waals surface area contributed by atoms with Crippen molar-refractivity contribution in [1.82, 2.24) is 0 Å². The van der Waals surface area contributed by atoms with E-state index in [4.69, 9.17) is 0 Å². The second kappa shape index (κ2) is 5.41. The molecule has 0 aromatic rings. The van der Waals surface area contributed by atoms with Crippen molar-refractivity contribution < 1.29 is 13.6 Å². The first-order valence-electron chi connectivity index (χ1n) is 3.89. The molecule has 0 rings (SSSR count). The Labute approximate surface area is 76.4 Å². The molecule has 0 spiro atoms. The Kier molecular flexibility index (Phi) is 4.89. The zero-order chi connectivity index (χ0) is 10.4. The van der Waals surface area contributed by atoms with Gasteiger partial charge in [0.2, 0.25) is 0 Å². The molecule has 0 aromatic heterocycles. The largest absolute Gasteiger partial charge is 0.294 e. The normalized spacial score (nSPS) is 14.7. The molecule has 0 saturated carbocycles. The van der Waals surface area contributed by atoms with Crippen molar-refractivity contribution in [2.45, 2.75) is 20.8 Å². The predicted octanol–water partition coefficient (Wildman–Crippen LogP) is 3.25. The van der Waals surface area contributed by atoms with Gasteiger partial charge in [0.05, 0.1) is 0 Å². The van der Waals surface area contributed by atoms with Crippen LogP contribution in [-0.2, 0) is 4.79 Å². The number of ketones is 1. The van der Waals surface area contributed by atoms with Crippen LogP contribution in [0.25, 0.3) is 0 Å². The summed E-state index contributed by atoms with van der Waals surface area (Å²) in [5, 5.41) is 0. The summed E-state index contributed by atoms with van der Waals surface area (Å²) in [6.07, 6.45) is 3.13. The minimum atomic E-state index is -0.842. The van der Waals surface area contributed by atoms with Crippen molar-refractivity contribution in [3.05, 3.63) is 35.5 Å². The summed E-state index contributed by atoms with van der Waals surface area (Å²) in [6, 6.07) is 0. The highest BCUT2D eigenvalue weighted by molar-refractivity contribution is 5.97. The highest BCUT2D eigenvalue weighted by Crippen LogP contribution is 2.15. The van der Waals surface area contributed by atoms with E-state index in [1.165, 1.54) is 26.8 Å². The molecule has 3 heteroatoms. The van der Waals surface area contributed by atoms with Crippen LogP contribution in [0.4, 0.5) is 8.78 Å². The van der Waals surface area contributed by atoms with E-state index in [-0.39, 0.29) is 5.57 Å². The maximum absolute atomic E-state index is 13.0. The van der Waals surface area contributed by atoms with Crippen molar-refractivity contribution in [2.24, 2.45) is 0 Å². The Morgan fingerprint density at radius 3 is 2.00 bits per heavy atom. The molecular weight excluding hydrogens is 174 g/mol. The molecule has 13 heavy (non-hydrogen) atoms. The molecule has 0 fully saturated rings. The molecule has 0 atom stereocenters. The lowest BCUT2D eigenvalue weighted by molar-refractivity contribution is -0.113. The quantitative estimate of drug-likeness (QED) is 0.488. The third-order valence-electron chi connectivity index (χ3n) is 1.47. The third-order valence-corrected chi connectivity index (χ3v) is 1.47. The van der Waals surface area contributed by atoms with Crippen LogP contribution in [0.1, 0.15) is 20.8 Å². The highest BCUT2D eigenvalue weighted by atomic mass is 19.1. The lowest BCUT2D eigenvalue weighted by Crippen LogP contribution is -1.96. The maximum atomic E-state index is 13.0. The Hall–Kier alpha value is -1.25. The molecule has 0 unspecified atom stereocenters. The molecule has 0 saturated heterocycles. The first-order chi connectivity index (χ1) is 6.02. The zero-order valence-electron chi connectivity index (χ0n) is 7.90. The van der Waals surface area contributed by atoms with Crippen LogP contribution in [0.15, 0.2) is 35.5 Å². The molecule has 0 amide bonds. The lowest BCUT2D eigenvalue weighted by atomic mass is 10.1. The van der Waals surface area contributed by atoms with Crippen molar-refractivity contribution in [3.8, 4) is 0 Å². The summed E-state index contributed by atoms with van der Waals surface area (Å²) in [5.41, 5.74) is -0.1000. The van der Waals surface area contributed by atoms with E-state index in [0.29, 0.717) is 6.08 Å². The summed E-state index contributed by atoms with van der Waals surface area (Å²) in [7, 11) is 0. The second-order valence-corrected chi connectivity index (χ2v) is 2.42. The van der Waals surface area contributed by atoms with Gasteiger partial charge in [-0.05, 0) is 20.8 Å². The fourth-order valence-electron chi connectivity index (χ4n) is 0.791. The fourth-order valence-corrected chi connectivity index (χ4v) is 0.791. The van der Waals surface area contributed by atoms with Gasteiger partial charge in [0, 0.05) is 11.6 Å². The molecule has 0 aromatic carbocycles. The molecule has 1 nitrogen and oxygen atoms in total. The average molecular weight is 186 g/mol. The van der Waals surface area contributed by atoms with Crippen LogP contribution in [0.2, 0.25) is 0 Å². The zero-order valence-corrected chi connectivity index (χ0v) is 7.90. The second-order valence-electron chi connectivity index (χ2n) is 2.42. The number of carbonyl (C=O) groups is 1. The average Bonchev–Trinajstić information content (AvgIpc) is 2.04. The first kappa shape index (κ1) is 11.8. The molecule has 0 bridgehead atoms. The van der Waals surface area contributed by atoms with Crippen LogP contribution < -0.4 is 0 Å². The number of carbonyl (C=O) groups excluding carboxylic acids is 1. The van der Waals surface area contributed by atoms with E-state index < -0.39 is 17.4 Å². The van der Waals surface area contributed by atoms with E-state index in [0.717, 1.165) is 6.08 Å². The Bertz CT molecular complexity index is 285. The van der Waals surface area contributed by atoms with Gasteiger partial charge in [0.1, 0.15) is 11.7 Å². The van der Waals surface area contributed by atoms with Crippen LogP contribution in [0.5, 0.6) is 0 Å². The minimum absolute atomic E-state index is 0.1000. The van der Waals surface area contributed by atoms with E-state index in [9.17, 15) is 13.6 Å². The number of hydrogen-bond donors (Lipinski definition) is 0. The van der Waals surface area contributed by atoms with Crippen molar-refractivity contribution in [1.29, 1.82) is 0 Å². The fraction of sp³-hybridized carbons (Fsp3) is 0.300. The van der Waals surface area contributed by atoms with Crippen molar-refractivity contribution >= 4 is 5.78 Å². The molecule has 0 N–H and O–H groups in total. The van der Waals surface area contributed by atoms with Gasteiger partial charge in [-0.2, -0.15) is 0 Å². The van der Waals surface area contributed by atoms with Gasteiger partial charge < -0.3 is 0 Å².